The van der Waals surface area contributed by atoms with Crippen LogP contribution >= 0.6 is 0 Å². The Balaban J connectivity index is 1.15. The minimum atomic E-state index is -0.272. The summed E-state index contributed by atoms with van der Waals surface area (Å²) >= 11 is 0. The zero-order valence-corrected chi connectivity index (χ0v) is 55.3. The van der Waals surface area contributed by atoms with Crippen molar-refractivity contribution in [2.45, 2.75) is 171 Å². The first-order valence-corrected chi connectivity index (χ1v) is 31.6. The summed E-state index contributed by atoms with van der Waals surface area (Å²) in [6, 6.07) is 54.5. The monoisotopic (exact) mass is 1190 g/mol. The summed E-state index contributed by atoms with van der Waals surface area (Å²) in [5.41, 5.74) is 20.9. The van der Waals surface area contributed by atoms with Gasteiger partial charge in [-0.05, 0) is 182 Å². The summed E-state index contributed by atoms with van der Waals surface area (Å²) in [4.78, 5) is 30.0. The summed E-state index contributed by atoms with van der Waals surface area (Å²) in [5, 5.41) is 13.1. The Hall–Kier alpha value is -9.02. The van der Waals surface area contributed by atoms with Gasteiger partial charge in [-0.25, -0.2) is 15.0 Å². The smallest absolute Gasteiger partial charge is 0.130 e. The number of benzene rings is 4. The highest BCUT2D eigenvalue weighted by molar-refractivity contribution is 5.62. The molecule has 6 heterocycles. The Morgan fingerprint density at radius 3 is 0.744 bits per heavy atom. The maximum Gasteiger partial charge on any atom is 0.130 e. The van der Waals surface area contributed by atoms with Gasteiger partial charge in [0.15, 0.2) is 0 Å². The molecular weight excluding hydrogens is 1110 g/mol. The minimum Gasteiger partial charge on any atom is -0.507 e. The van der Waals surface area contributed by atoms with Crippen LogP contribution in [0, 0.1) is 20.8 Å². The van der Waals surface area contributed by atoms with E-state index >= 15 is 0 Å². The van der Waals surface area contributed by atoms with Gasteiger partial charge in [0.1, 0.15) is 42.8 Å². The summed E-state index contributed by atoms with van der Waals surface area (Å²) in [7, 11) is 0. The number of aromatic hydroxyl groups is 1. The van der Waals surface area contributed by atoms with Gasteiger partial charge in [-0.15, -0.1) is 0 Å². The van der Waals surface area contributed by atoms with Crippen LogP contribution in [0.3, 0.4) is 0 Å². The van der Waals surface area contributed by atoms with E-state index in [1.807, 2.05) is 130 Å². The van der Waals surface area contributed by atoms with Crippen LogP contribution in [-0.2, 0) is 67.2 Å². The summed E-state index contributed by atoms with van der Waals surface area (Å²) in [5.74, 6) is 2.52. The van der Waals surface area contributed by atoms with E-state index in [1.54, 1.807) is 0 Å². The number of phenolic OH excluding ortho intramolecular Hbond substituents is 1. The van der Waals surface area contributed by atoms with Crippen LogP contribution in [0.15, 0.2) is 158 Å². The molecule has 0 radical (unpaired) electrons. The number of nitrogens with zero attached hydrogens (tertiary/aromatic N) is 6. The van der Waals surface area contributed by atoms with E-state index in [4.69, 9.17) is 44.1 Å². The van der Waals surface area contributed by atoms with Gasteiger partial charge in [-0.3, -0.25) is 15.0 Å². The normalized spacial score (nSPS) is 12.8. The van der Waals surface area contributed by atoms with E-state index in [0.717, 1.165) is 147 Å². The van der Waals surface area contributed by atoms with Gasteiger partial charge in [-0.1, -0.05) is 168 Å². The first-order chi connectivity index (χ1) is 42.7. The molecule has 6 aromatic heterocycles. The second-order valence-electron chi connectivity index (χ2n) is 28.6. The van der Waals surface area contributed by atoms with Crippen molar-refractivity contribution in [3.05, 3.63) is 259 Å². The summed E-state index contributed by atoms with van der Waals surface area (Å²) < 4.78 is 22.1. The topological polar surface area (TPSA) is 125 Å². The minimum absolute atomic E-state index is 0.193. The molecule has 90 heavy (non-hydrogen) atoms. The third-order valence-electron chi connectivity index (χ3n) is 16.9. The Labute approximate surface area is 533 Å². The van der Waals surface area contributed by atoms with Crippen LogP contribution in [0.1, 0.15) is 184 Å². The number of hydrogen-bond donors (Lipinski definition) is 1. The van der Waals surface area contributed by atoms with E-state index in [0.29, 0.717) is 25.7 Å². The highest BCUT2D eigenvalue weighted by atomic mass is 16.5. The van der Waals surface area contributed by atoms with E-state index in [-0.39, 0.29) is 47.2 Å². The second kappa shape index (κ2) is 25.1. The largest absolute Gasteiger partial charge is 0.507 e. The first kappa shape index (κ1) is 62.6. The SMILES string of the molecule is Cc1cccc(-c2cccc(COc3c4cc(C(C)(C)C)cc3Cc3cc(C(C)(C)C)cc(c3OCc3cccc(-c5cccc(C)n5)n3)Cc3cc(C(C)(C)C)cc(c3OCc3cccc(-c5cccc(C)n5)n3)Cc3cc(C(C)(C)C)cc(c3O)C4)n2)n1. The third-order valence-corrected chi connectivity index (χ3v) is 16.9. The Morgan fingerprint density at radius 2 is 0.511 bits per heavy atom. The lowest BCUT2D eigenvalue weighted by Crippen LogP contribution is -2.17. The van der Waals surface area contributed by atoms with Gasteiger partial charge in [0, 0.05) is 42.8 Å². The predicted molar refractivity (Wildman–Crippen MR) is 363 cm³/mol. The van der Waals surface area contributed by atoms with Crippen LogP contribution in [0.5, 0.6) is 23.0 Å². The molecule has 0 spiro atoms. The number of rotatable bonds is 12. The molecule has 10 nitrogen and oxygen atoms in total. The van der Waals surface area contributed by atoms with Gasteiger partial charge < -0.3 is 19.3 Å². The predicted octanol–water partition coefficient (Wildman–Crippen LogP) is 18.3. The average Bonchev–Trinajstić information content (AvgIpc) is 0.800. The Kier molecular flexibility index (Phi) is 17.5. The van der Waals surface area contributed by atoms with Gasteiger partial charge in [0.25, 0.3) is 0 Å². The van der Waals surface area contributed by atoms with Crippen molar-refractivity contribution in [2.24, 2.45) is 0 Å². The molecular formula is C80H86N6O4. The van der Waals surface area contributed by atoms with E-state index in [2.05, 4.69) is 132 Å². The quantitative estimate of drug-likeness (QED) is 0.126. The van der Waals surface area contributed by atoms with Crippen LogP contribution < -0.4 is 14.2 Å². The molecule has 0 fully saturated rings. The highest BCUT2D eigenvalue weighted by Gasteiger charge is 2.30. The molecule has 11 rings (SSSR count). The summed E-state index contributed by atoms with van der Waals surface area (Å²) in [6.45, 7) is 33.7. The lowest BCUT2D eigenvalue weighted by atomic mass is 9.79. The second-order valence-corrected chi connectivity index (χ2v) is 28.6. The van der Waals surface area contributed by atoms with Crippen LogP contribution in [-0.4, -0.2) is 35.0 Å². The van der Waals surface area contributed by atoms with Crippen molar-refractivity contribution in [2.75, 3.05) is 0 Å². The van der Waals surface area contributed by atoms with E-state index < -0.39 is 0 Å². The van der Waals surface area contributed by atoms with Crippen molar-refractivity contribution in [1.82, 2.24) is 29.9 Å². The molecule has 1 N–H and O–H groups in total. The maximum absolute atomic E-state index is 13.1. The molecule has 8 bridgehead atoms. The van der Waals surface area contributed by atoms with E-state index in [1.165, 1.54) is 5.56 Å². The van der Waals surface area contributed by atoms with Gasteiger partial charge >= 0.3 is 0 Å². The molecule has 460 valence electrons. The molecule has 0 saturated carbocycles. The molecule has 10 heteroatoms. The molecule has 10 aromatic rings. The fraction of sp³-hybridized carbons (Fsp3) is 0.325. The molecule has 0 amide bonds. The molecule has 1 aliphatic rings. The van der Waals surface area contributed by atoms with Crippen molar-refractivity contribution >= 4 is 0 Å². The fourth-order valence-electron chi connectivity index (χ4n) is 11.8. The van der Waals surface area contributed by atoms with Crippen LogP contribution in [0.4, 0.5) is 0 Å². The number of ether oxygens (including phenoxy) is 3. The van der Waals surface area contributed by atoms with Gasteiger partial charge in [-0.2, -0.15) is 0 Å². The van der Waals surface area contributed by atoms with Gasteiger partial charge in [0.05, 0.1) is 51.2 Å². The zero-order chi connectivity index (χ0) is 63.9. The lowest BCUT2D eigenvalue weighted by molar-refractivity contribution is 0.290. The highest BCUT2D eigenvalue weighted by Crippen LogP contribution is 2.45. The number of phenols is 1. The van der Waals surface area contributed by atoms with Crippen LogP contribution in [0.2, 0.25) is 0 Å². The molecule has 0 unspecified atom stereocenters. The molecule has 0 atom stereocenters. The molecule has 0 aliphatic heterocycles. The number of aromatic nitrogens is 6. The number of aryl methyl sites for hydroxylation is 3. The lowest BCUT2D eigenvalue weighted by Gasteiger charge is -2.29. The maximum atomic E-state index is 13.1. The first-order valence-electron chi connectivity index (χ1n) is 31.6. The van der Waals surface area contributed by atoms with Crippen LogP contribution in [0.25, 0.3) is 34.2 Å². The number of fused-ring (bicyclic) bond motifs is 8. The summed E-state index contributed by atoms with van der Waals surface area (Å²) in [6.07, 6.45) is 1.68. The van der Waals surface area contributed by atoms with Crippen molar-refractivity contribution in [1.29, 1.82) is 0 Å². The van der Waals surface area contributed by atoms with Crippen molar-refractivity contribution < 1.29 is 19.3 Å². The fourth-order valence-corrected chi connectivity index (χ4v) is 11.8. The molecule has 4 aromatic carbocycles. The standard InChI is InChI=1S/C80H86N6O4/c1-49-22-16-28-67(81-49)70-31-19-25-64(84-70)46-88-74-54-34-52-38-60(77(4,5)6)39-53(73(52)87)35-55-41-62(79(10,11)12)43-57(75(55)89-47-65-26-20-32-71(85-65)68-29-17-23-50(2)82-68)37-59-45-63(80(13,14)15)44-58(36-56(74)42-61(40-54)78(7,8)9)76(59)90-48-66-27-21-33-72(86-66)69-30-18-24-51(3)83-69/h16-33,38-45,87H,34-37,46-48H2,1-15H3. The van der Waals surface area contributed by atoms with Crippen molar-refractivity contribution in [3.8, 4) is 57.2 Å². The molecule has 1 aliphatic carbocycles. The zero-order valence-electron chi connectivity index (χ0n) is 55.3. The Morgan fingerprint density at radius 1 is 0.300 bits per heavy atom. The molecule has 0 saturated heterocycles. The number of hydrogen-bond acceptors (Lipinski definition) is 10. The average molecular weight is 1200 g/mol. The number of pyridine rings is 6. The van der Waals surface area contributed by atoms with Gasteiger partial charge in [0.2, 0.25) is 0 Å². The third kappa shape index (κ3) is 14.5. The van der Waals surface area contributed by atoms with E-state index in [9.17, 15) is 5.11 Å². The van der Waals surface area contributed by atoms with Crippen molar-refractivity contribution in [3.63, 3.8) is 0 Å². The Bertz CT molecular complexity index is 4100.